The van der Waals surface area contributed by atoms with Gasteiger partial charge in [0, 0.05) is 62.6 Å². The molecular formula is C45H49N9O8S. The molecule has 2 aromatic heterocycles. The molecule has 10 rings (SSSR count). The molecule has 7 heterocycles. The van der Waals surface area contributed by atoms with Gasteiger partial charge >= 0.3 is 0 Å². The Labute approximate surface area is 368 Å². The molecule has 0 radical (unpaired) electrons. The van der Waals surface area contributed by atoms with Crippen LogP contribution in [0.3, 0.4) is 0 Å². The van der Waals surface area contributed by atoms with Crippen molar-refractivity contribution >= 4 is 63.7 Å². The van der Waals surface area contributed by atoms with Gasteiger partial charge in [0.05, 0.1) is 44.7 Å². The number of amides is 4. The Bertz CT molecular complexity index is 2600. The summed E-state index contributed by atoms with van der Waals surface area (Å²) in [7, 11) is 4.98. The van der Waals surface area contributed by atoms with Gasteiger partial charge in [-0.1, -0.05) is 5.16 Å². The number of anilines is 3. The third-order valence-corrected chi connectivity index (χ3v) is 14.2. The van der Waals surface area contributed by atoms with E-state index in [1.165, 1.54) is 11.9 Å². The number of ether oxygens (including phenoxy) is 3. The predicted molar refractivity (Wildman–Crippen MR) is 235 cm³/mol. The van der Waals surface area contributed by atoms with Crippen LogP contribution in [0.5, 0.6) is 17.2 Å². The summed E-state index contributed by atoms with van der Waals surface area (Å²) in [5.74, 6) is 1.12. The number of aromatic nitrogens is 3. The molecule has 2 N–H and O–H groups in total. The lowest BCUT2D eigenvalue weighted by molar-refractivity contribution is -0.136. The Balaban J connectivity index is 0.742. The van der Waals surface area contributed by atoms with E-state index in [4.69, 9.17) is 18.7 Å². The van der Waals surface area contributed by atoms with Crippen molar-refractivity contribution in [2.24, 2.45) is 11.3 Å². The lowest BCUT2D eigenvalue weighted by atomic mass is 9.71. The topological polar surface area (TPSA) is 177 Å². The van der Waals surface area contributed by atoms with Crippen LogP contribution < -0.4 is 34.0 Å². The average Bonchev–Trinajstić information content (AvgIpc) is 4.10. The van der Waals surface area contributed by atoms with Crippen LogP contribution >= 0.6 is 11.9 Å². The summed E-state index contributed by atoms with van der Waals surface area (Å²) < 4.78 is 28.7. The number of imide groups is 2. The molecule has 4 saturated heterocycles. The molecule has 3 aromatic carbocycles. The van der Waals surface area contributed by atoms with Crippen molar-refractivity contribution in [1.29, 1.82) is 0 Å². The lowest BCUT2D eigenvalue weighted by Gasteiger charge is -2.55. The van der Waals surface area contributed by atoms with E-state index in [9.17, 15) is 19.2 Å². The van der Waals surface area contributed by atoms with Gasteiger partial charge in [-0.3, -0.25) is 34.1 Å². The summed E-state index contributed by atoms with van der Waals surface area (Å²) in [4.78, 5) is 60.0. The van der Waals surface area contributed by atoms with Crippen LogP contribution in [0.15, 0.2) is 70.3 Å². The number of hydrogen-bond donors (Lipinski definition) is 2. The smallest absolute Gasteiger partial charge is 0.262 e. The van der Waals surface area contributed by atoms with Crippen molar-refractivity contribution < 1.29 is 37.9 Å². The van der Waals surface area contributed by atoms with E-state index in [1.807, 2.05) is 41.2 Å². The van der Waals surface area contributed by atoms with Gasteiger partial charge in [-0.05, 0) is 111 Å². The van der Waals surface area contributed by atoms with Crippen molar-refractivity contribution in [3.05, 3.63) is 77.6 Å². The molecular weight excluding hydrogens is 827 g/mol. The van der Waals surface area contributed by atoms with Crippen molar-refractivity contribution in [1.82, 2.24) is 30.1 Å². The molecule has 0 bridgehead atoms. The fraction of sp³-hybridized carbons (Fsp3) is 0.422. The highest BCUT2D eigenvalue weighted by atomic mass is 32.2. The fourth-order valence-electron chi connectivity index (χ4n) is 10.0. The number of hydrogen-bond acceptors (Lipinski definition) is 15. The molecule has 18 heteroatoms. The average molecular weight is 876 g/mol. The van der Waals surface area contributed by atoms with Gasteiger partial charge in [-0.2, -0.15) is 5.10 Å². The number of carbonyl (C=O) groups excluding carboxylic acids is 4. The number of piperidine rings is 2. The summed E-state index contributed by atoms with van der Waals surface area (Å²) in [5.41, 5.74) is 4.38. The summed E-state index contributed by atoms with van der Waals surface area (Å²) >= 11 is 1.36. The number of rotatable bonds is 13. The van der Waals surface area contributed by atoms with Crippen LogP contribution in [0.25, 0.3) is 11.0 Å². The van der Waals surface area contributed by atoms with Gasteiger partial charge in [0.2, 0.25) is 11.8 Å². The normalized spacial score (nSPS) is 21.0. The SMILES string of the molecule is COc1ccc(N2CC3(CCN(CC4CCN(c5ccc6c(c5)C(=O)N(C5CCC(=O)NC5=O)C6=O)C4)CC3)C2)c(OC)c1SNc1noc2cc(Cn3cccn3)cc(OC)c12. The van der Waals surface area contributed by atoms with E-state index in [0.717, 1.165) is 103 Å². The number of carbonyl (C=O) groups is 4. The highest BCUT2D eigenvalue weighted by molar-refractivity contribution is 8.00. The first-order chi connectivity index (χ1) is 30.6. The van der Waals surface area contributed by atoms with E-state index in [0.29, 0.717) is 46.5 Å². The maximum Gasteiger partial charge on any atom is 0.262 e. The van der Waals surface area contributed by atoms with Crippen LogP contribution in [0, 0.1) is 11.3 Å². The van der Waals surface area contributed by atoms with Crippen molar-refractivity contribution in [3.8, 4) is 17.2 Å². The Morgan fingerprint density at radius 3 is 2.46 bits per heavy atom. The van der Waals surface area contributed by atoms with Gasteiger partial charge in [0.1, 0.15) is 27.8 Å². The van der Waals surface area contributed by atoms with Crippen molar-refractivity contribution in [2.45, 2.75) is 49.6 Å². The van der Waals surface area contributed by atoms with Crippen molar-refractivity contribution in [2.75, 3.05) is 81.7 Å². The maximum absolute atomic E-state index is 13.4. The molecule has 0 aliphatic carbocycles. The van der Waals surface area contributed by atoms with Gasteiger partial charge in [0.15, 0.2) is 17.2 Å². The van der Waals surface area contributed by atoms with Crippen LogP contribution in [-0.2, 0) is 16.1 Å². The highest BCUT2D eigenvalue weighted by Gasteiger charge is 2.47. The molecule has 5 aliphatic rings. The monoisotopic (exact) mass is 875 g/mol. The number of fused-ring (bicyclic) bond motifs is 2. The predicted octanol–water partition coefficient (Wildman–Crippen LogP) is 5.05. The molecule has 17 nitrogen and oxygen atoms in total. The molecule has 2 atom stereocenters. The number of methoxy groups -OCH3 is 3. The molecule has 1 spiro atoms. The zero-order chi connectivity index (χ0) is 43.4. The number of nitrogens with one attached hydrogen (secondary N) is 2. The Morgan fingerprint density at radius 1 is 0.905 bits per heavy atom. The fourth-order valence-corrected chi connectivity index (χ4v) is 10.9. The second-order valence-corrected chi connectivity index (χ2v) is 18.0. The van der Waals surface area contributed by atoms with Crippen LogP contribution in [-0.4, -0.2) is 122 Å². The Hall–Kier alpha value is -6.27. The molecule has 5 aliphatic heterocycles. The molecule has 5 aromatic rings. The first kappa shape index (κ1) is 40.8. The Kier molecular flexibility index (Phi) is 10.6. The van der Waals surface area contributed by atoms with Crippen LogP contribution in [0.4, 0.5) is 17.2 Å². The molecule has 63 heavy (non-hydrogen) atoms. The Morgan fingerprint density at radius 2 is 1.71 bits per heavy atom. The highest BCUT2D eigenvalue weighted by Crippen LogP contribution is 2.50. The minimum absolute atomic E-state index is 0.0939. The lowest BCUT2D eigenvalue weighted by Crippen LogP contribution is -2.60. The summed E-state index contributed by atoms with van der Waals surface area (Å²) in [6.07, 6.45) is 7.18. The first-order valence-corrected chi connectivity index (χ1v) is 22.2. The minimum atomic E-state index is -0.972. The second kappa shape index (κ2) is 16.5. The van der Waals surface area contributed by atoms with Crippen LogP contribution in [0.2, 0.25) is 0 Å². The van der Waals surface area contributed by atoms with E-state index in [2.05, 4.69) is 41.1 Å². The second-order valence-electron chi connectivity index (χ2n) is 17.2. The third-order valence-electron chi connectivity index (χ3n) is 13.4. The minimum Gasteiger partial charge on any atom is -0.496 e. The van der Waals surface area contributed by atoms with E-state index in [1.54, 1.807) is 39.7 Å². The number of likely N-dealkylation sites (tertiary alicyclic amines) is 1. The third kappa shape index (κ3) is 7.47. The summed E-state index contributed by atoms with van der Waals surface area (Å²) in [6.45, 7) is 7.30. The summed E-state index contributed by atoms with van der Waals surface area (Å²) in [5, 5.41) is 11.7. The first-order valence-electron chi connectivity index (χ1n) is 21.3. The standard InChI is InChI=1S/C45H49N9O8S/c1-59-34-9-7-32(39(61-3)40(34)63-49-41-38-35(60-2)19-28(20-36(38)62-48-41)24-53-15-4-14-46-53)52-25-45(26-52)12-17-50(18-13-45)22-27-11-16-51(23-27)29-5-6-30-31(21-29)44(58)54(43(30)57)33-8-10-37(55)47-42(33)56/h4-7,9,14-15,19-21,27,33H,8,10-13,16-18,22-26H2,1-3H3,(H,48,49)(H,47,55,56). The van der Waals surface area contributed by atoms with Crippen LogP contribution in [0.1, 0.15) is 58.4 Å². The van der Waals surface area contributed by atoms with Crippen molar-refractivity contribution in [3.63, 3.8) is 0 Å². The molecule has 4 fully saturated rings. The summed E-state index contributed by atoms with van der Waals surface area (Å²) in [6, 6.07) is 14.3. The van der Waals surface area contributed by atoms with E-state index >= 15 is 0 Å². The maximum atomic E-state index is 13.4. The largest absolute Gasteiger partial charge is 0.496 e. The number of nitrogens with zero attached hydrogens (tertiary/aromatic N) is 7. The molecule has 2 unspecified atom stereocenters. The molecule has 0 saturated carbocycles. The number of benzene rings is 3. The van der Waals surface area contributed by atoms with Gasteiger partial charge in [-0.25, -0.2) is 0 Å². The van der Waals surface area contributed by atoms with Gasteiger partial charge in [-0.15, -0.1) is 0 Å². The molecule has 4 amide bonds. The van der Waals surface area contributed by atoms with E-state index in [-0.39, 0.29) is 24.2 Å². The van der Waals surface area contributed by atoms with E-state index < -0.39 is 23.8 Å². The van der Waals surface area contributed by atoms with Gasteiger partial charge in [0.25, 0.3) is 11.8 Å². The molecule has 328 valence electrons. The zero-order valence-corrected chi connectivity index (χ0v) is 36.2. The van der Waals surface area contributed by atoms with Gasteiger partial charge < -0.3 is 38.2 Å². The zero-order valence-electron chi connectivity index (χ0n) is 35.4. The quantitative estimate of drug-likeness (QED) is 0.119.